The van der Waals surface area contributed by atoms with E-state index in [2.05, 4.69) is 9.71 Å². The Labute approximate surface area is 169 Å². The Hall–Kier alpha value is -2.71. The van der Waals surface area contributed by atoms with Crippen LogP contribution in [0.15, 0.2) is 76.8 Å². The van der Waals surface area contributed by atoms with Gasteiger partial charge in [-0.2, -0.15) is 0 Å². The second kappa shape index (κ2) is 8.99. The standard InChI is InChI=1S/C20H20N2O4S2/c1-25-19-10-9-18(12-20(19)26-2)28(23,24)22-16-5-7-17(8-6-16)27-14-15-4-3-11-21-13-15/h3-13,22H,14H2,1-2H3. The van der Waals surface area contributed by atoms with Gasteiger partial charge in [-0.15, -0.1) is 11.8 Å². The van der Waals surface area contributed by atoms with Gasteiger partial charge in [0.25, 0.3) is 10.0 Å². The molecule has 0 saturated heterocycles. The Bertz CT molecular complexity index is 1020. The molecule has 8 heteroatoms. The molecule has 1 heterocycles. The first-order valence-electron chi connectivity index (χ1n) is 8.38. The molecule has 0 bridgehead atoms. The fourth-order valence-electron chi connectivity index (χ4n) is 2.47. The number of benzene rings is 2. The molecule has 28 heavy (non-hydrogen) atoms. The summed E-state index contributed by atoms with van der Waals surface area (Å²) in [7, 11) is -0.780. The van der Waals surface area contributed by atoms with Crippen molar-refractivity contribution in [2.45, 2.75) is 15.5 Å². The summed E-state index contributed by atoms with van der Waals surface area (Å²) in [6, 6.07) is 15.6. The highest BCUT2D eigenvalue weighted by atomic mass is 32.2. The normalized spacial score (nSPS) is 11.1. The van der Waals surface area contributed by atoms with Crippen molar-refractivity contribution in [3.05, 3.63) is 72.6 Å². The molecule has 0 unspecified atom stereocenters. The molecule has 0 radical (unpaired) electrons. The highest BCUT2D eigenvalue weighted by molar-refractivity contribution is 7.98. The maximum atomic E-state index is 12.6. The van der Waals surface area contributed by atoms with Gasteiger partial charge in [0.05, 0.1) is 19.1 Å². The van der Waals surface area contributed by atoms with Crippen LogP contribution in [0.5, 0.6) is 11.5 Å². The summed E-state index contributed by atoms with van der Waals surface area (Å²) >= 11 is 1.66. The number of nitrogens with one attached hydrogen (secondary N) is 1. The molecule has 0 aliphatic rings. The van der Waals surface area contributed by atoms with E-state index in [9.17, 15) is 8.42 Å². The van der Waals surface area contributed by atoms with Gasteiger partial charge in [0.15, 0.2) is 11.5 Å². The van der Waals surface area contributed by atoms with Gasteiger partial charge in [-0.1, -0.05) is 6.07 Å². The van der Waals surface area contributed by atoms with E-state index in [-0.39, 0.29) is 4.90 Å². The van der Waals surface area contributed by atoms with Crippen molar-refractivity contribution in [1.29, 1.82) is 0 Å². The number of sulfonamides is 1. The summed E-state index contributed by atoms with van der Waals surface area (Å²) in [5, 5.41) is 0. The third-order valence-electron chi connectivity index (χ3n) is 3.90. The van der Waals surface area contributed by atoms with E-state index in [1.807, 2.05) is 30.5 Å². The molecule has 6 nitrogen and oxygen atoms in total. The Morgan fingerprint density at radius 3 is 2.39 bits per heavy atom. The van der Waals surface area contributed by atoms with Crippen molar-refractivity contribution in [2.24, 2.45) is 0 Å². The van der Waals surface area contributed by atoms with Crippen LogP contribution in [0.3, 0.4) is 0 Å². The minimum Gasteiger partial charge on any atom is -0.493 e. The number of thioether (sulfide) groups is 1. The lowest BCUT2D eigenvalue weighted by Gasteiger charge is -2.12. The van der Waals surface area contributed by atoms with Crippen molar-refractivity contribution in [1.82, 2.24) is 4.98 Å². The van der Waals surface area contributed by atoms with Crippen LogP contribution in [0.25, 0.3) is 0 Å². The quantitative estimate of drug-likeness (QED) is 0.555. The molecule has 0 saturated carbocycles. The number of hydrogen-bond acceptors (Lipinski definition) is 6. The van der Waals surface area contributed by atoms with Crippen LogP contribution in [0.1, 0.15) is 5.56 Å². The average Bonchev–Trinajstić information content (AvgIpc) is 2.73. The number of rotatable bonds is 8. The van der Waals surface area contributed by atoms with Gasteiger partial charge >= 0.3 is 0 Å². The van der Waals surface area contributed by atoms with E-state index < -0.39 is 10.0 Å². The van der Waals surface area contributed by atoms with Gasteiger partial charge < -0.3 is 9.47 Å². The van der Waals surface area contributed by atoms with Gasteiger partial charge in [-0.25, -0.2) is 8.42 Å². The molecular formula is C20H20N2O4S2. The number of ether oxygens (including phenoxy) is 2. The van der Waals surface area contributed by atoms with Crippen LogP contribution in [-0.2, 0) is 15.8 Å². The average molecular weight is 417 g/mol. The molecule has 3 aromatic rings. The van der Waals surface area contributed by atoms with Gasteiger partial charge in [0, 0.05) is 34.8 Å². The first-order valence-corrected chi connectivity index (χ1v) is 10.9. The van der Waals surface area contributed by atoms with E-state index in [1.165, 1.54) is 26.4 Å². The molecule has 0 fully saturated rings. The highest BCUT2D eigenvalue weighted by Crippen LogP contribution is 2.30. The summed E-state index contributed by atoms with van der Waals surface area (Å²) in [6.45, 7) is 0. The van der Waals surface area contributed by atoms with Crippen LogP contribution in [0, 0.1) is 0 Å². The molecule has 1 N–H and O–H groups in total. The zero-order valence-electron chi connectivity index (χ0n) is 15.5. The largest absolute Gasteiger partial charge is 0.493 e. The van der Waals surface area contributed by atoms with Crippen molar-refractivity contribution in [3.63, 3.8) is 0 Å². The summed E-state index contributed by atoms with van der Waals surface area (Å²) in [4.78, 5) is 5.23. The van der Waals surface area contributed by atoms with Crippen LogP contribution in [0.2, 0.25) is 0 Å². The van der Waals surface area contributed by atoms with Crippen LogP contribution >= 0.6 is 11.8 Å². The maximum absolute atomic E-state index is 12.6. The second-order valence-electron chi connectivity index (χ2n) is 5.80. The van der Waals surface area contributed by atoms with Crippen LogP contribution in [0.4, 0.5) is 5.69 Å². The van der Waals surface area contributed by atoms with Crippen molar-refractivity contribution in [3.8, 4) is 11.5 Å². The van der Waals surface area contributed by atoms with Crippen LogP contribution in [-0.4, -0.2) is 27.6 Å². The lowest BCUT2D eigenvalue weighted by molar-refractivity contribution is 0.354. The number of anilines is 1. The number of methoxy groups -OCH3 is 2. The summed E-state index contributed by atoms with van der Waals surface area (Å²) < 4.78 is 38.2. The van der Waals surface area contributed by atoms with E-state index in [0.29, 0.717) is 17.2 Å². The number of nitrogens with zero attached hydrogens (tertiary/aromatic N) is 1. The second-order valence-corrected chi connectivity index (χ2v) is 8.53. The van der Waals surface area contributed by atoms with Gasteiger partial charge in [0.2, 0.25) is 0 Å². The molecule has 2 aromatic carbocycles. The monoisotopic (exact) mass is 416 g/mol. The predicted octanol–water partition coefficient (Wildman–Crippen LogP) is 4.19. The van der Waals surface area contributed by atoms with E-state index >= 15 is 0 Å². The zero-order valence-corrected chi connectivity index (χ0v) is 17.1. The smallest absolute Gasteiger partial charge is 0.262 e. The Morgan fingerprint density at radius 1 is 1.00 bits per heavy atom. The Morgan fingerprint density at radius 2 is 1.75 bits per heavy atom. The van der Waals surface area contributed by atoms with Gasteiger partial charge in [0.1, 0.15) is 0 Å². The fraction of sp³-hybridized carbons (Fsp3) is 0.150. The molecule has 3 rings (SSSR count). The summed E-state index contributed by atoms with van der Waals surface area (Å²) in [6.07, 6.45) is 3.58. The molecule has 146 valence electrons. The summed E-state index contributed by atoms with van der Waals surface area (Å²) in [5.41, 5.74) is 1.62. The van der Waals surface area contributed by atoms with Crippen molar-refractivity contribution in [2.75, 3.05) is 18.9 Å². The van der Waals surface area contributed by atoms with Gasteiger partial charge in [-0.05, 0) is 48.0 Å². The minimum absolute atomic E-state index is 0.0974. The molecule has 1 aromatic heterocycles. The number of pyridine rings is 1. The molecule has 0 amide bonds. The van der Waals surface area contributed by atoms with Gasteiger partial charge in [-0.3, -0.25) is 9.71 Å². The maximum Gasteiger partial charge on any atom is 0.262 e. The first-order chi connectivity index (χ1) is 13.5. The predicted molar refractivity (Wildman–Crippen MR) is 111 cm³/mol. The molecule has 0 aliphatic heterocycles. The summed E-state index contributed by atoms with van der Waals surface area (Å²) in [5.74, 6) is 1.62. The lowest BCUT2D eigenvalue weighted by atomic mass is 10.3. The molecule has 0 aliphatic carbocycles. The number of hydrogen-bond donors (Lipinski definition) is 1. The van der Waals surface area contributed by atoms with E-state index in [1.54, 1.807) is 36.2 Å². The zero-order chi connectivity index (χ0) is 20.0. The minimum atomic E-state index is -3.74. The SMILES string of the molecule is COc1ccc(S(=O)(=O)Nc2ccc(SCc3cccnc3)cc2)cc1OC. The van der Waals surface area contributed by atoms with Crippen molar-refractivity contribution < 1.29 is 17.9 Å². The Kier molecular flexibility index (Phi) is 6.43. The third-order valence-corrected chi connectivity index (χ3v) is 6.36. The molecule has 0 atom stereocenters. The lowest BCUT2D eigenvalue weighted by Crippen LogP contribution is -2.13. The Balaban J connectivity index is 1.69. The third kappa shape index (κ3) is 4.96. The molecule has 0 spiro atoms. The number of aromatic nitrogens is 1. The van der Waals surface area contributed by atoms with E-state index in [4.69, 9.17) is 9.47 Å². The topological polar surface area (TPSA) is 77.5 Å². The fourth-order valence-corrected chi connectivity index (χ4v) is 4.37. The van der Waals surface area contributed by atoms with E-state index in [0.717, 1.165) is 16.2 Å². The molecular weight excluding hydrogens is 396 g/mol. The highest BCUT2D eigenvalue weighted by Gasteiger charge is 2.17. The van der Waals surface area contributed by atoms with Crippen molar-refractivity contribution >= 4 is 27.5 Å². The first kappa shape index (κ1) is 20.0. The van der Waals surface area contributed by atoms with Crippen LogP contribution < -0.4 is 14.2 Å².